The number of nitrogens with zero attached hydrogens (tertiary/aromatic N) is 1. The van der Waals surface area contributed by atoms with Crippen LogP contribution >= 0.6 is 12.2 Å². The van der Waals surface area contributed by atoms with E-state index in [1.807, 2.05) is 12.1 Å². The number of benzene rings is 2. The minimum absolute atomic E-state index is 0.448. The van der Waals surface area contributed by atoms with Crippen LogP contribution < -0.4 is 5.73 Å². The average molecular weight is 280 g/mol. The Kier molecular flexibility index (Phi) is 3.28. The lowest BCUT2D eigenvalue weighted by Gasteiger charge is -2.07. The Labute approximate surface area is 123 Å². The summed E-state index contributed by atoms with van der Waals surface area (Å²) in [6.45, 7) is 2.97. The lowest BCUT2D eigenvalue weighted by Crippen LogP contribution is -2.09. The Morgan fingerprint density at radius 2 is 1.95 bits per heavy atom. The maximum Gasteiger partial charge on any atom is 0.104 e. The van der Waals surface area contributed by atoms with Crippen LogP contribution in [0.4, 0.5) is 0 Å². The predicted molar refractivity (Wildman–Crippen MR) is 88.1 cm³/mol. The number of aryl methyl sites for hydroxylation is 1. The molecule has 0 unspecified atom stereocenters. The van der Waals surface area contributed by atoms with E-state index < -0.39 is 0 Å². The van der Waals surface area contributed by atoms with E-state index in [1.54, 1.807) is 0 Å². The highest BCUT2D eigenvalue weighted by atomic mass is 32.1. The molecule has 100 valence electrons. The van der Waals surface area contributed by atoms with Gasteiger partial charge in [-0.3, -0.25) is 0 Å². The molecule has 3 heteroatoms. The van der Waals surface area contributed by atoms with Gasteiger partial charge < -0.3 is 10.3 Å². The van der Waals surface area contributed by atoms with E-state index in [2.05, 4.69) is 54.1 Å². The van der Waals surface area contributed by atoms with Gasteiger partial charge in [-0.25, -0.2) is 0 Å². The summed E-state index contributed by atoms with van der Waals surface area (Å²) < 4.78 is 2.23. The van der Waals surface area contributed by atoms with Gasteiger partial charge in [-0.2, -0.15) is 0 Å². The first-order chi connectivity index (χ1) is 9.65. The van der Waals surface area contributed by atoms with Crippen LogP contribution in [0.5, 0.6) is 0 Å². The summed E-state index contributed by atoms with van der Waals surface area (Å²) in [5, 5.41) is 1.12. The summed E-state index contributed by atoms with van der Waals surface area (Å²) in [4.78, 5) is 0.448. The second-order valence-corrected chi connectivity index (χ2v) is 5.48. The normalized spacial score (nSPS) is 10.8. The van der Waals surface area contributed by atoms with Crippen molar-refractivity contribution in [2.24, 2.45) is 5.73 Å². The molecule has 2 aromatic carbocycles. The van der Waals surface area contributed by atoms with Crippen LogP contribution in [0, 0.1) is 6.92 Å². The molecule has 0 aliphatic carbocycles. The van der Waals surface area contributed by atoms with Crippen molar-refractivity contribution < 1.29 is 0 Å². The summed E-state index contributed by atoms with van der Waals surface area (Å²) in [5.41, 5.74) is 10.5. The monoisotopic (exact) mass is 280 g/mol. The predicted octanol–water partition coefficient (Wildman–Crippen LogP) is 3.63. The van der Waals surface area contributed by atoms with E-state index >= 15 is 0 Å². The SMILES string of the molecule is Cc1cccc(Cn2ccc3c(C(N)=S)cccc32)c1. The molecule has 0 aliphatic heterocycles. The number of hydrogen-bond donors (Lipinski definition) is 1. The van der Waals surface area contributed by atoms with E-state index in [0.29, 0.717) is 4.99 Å². The summed E-state index contributed by atoms with van der Waals surface area (Å²) in [5.74, 6) is 0. The van der Waals surface area contributed by atoms with Crippen molar-refractivity contribution in [2.75, 3.05) is 0 Å². The van der Waals surface area contributed by atoms with E-state index in [1.165, 1.54) is 11.1 Å². The van der Waals surface area contributed by atoms with Crippen LogP contribution in [0.15, 0.2) is 54.7 Å². The van der Waals surface area contributed by atoms with Crippen LogP contribution in [0.2, 0.25) is 0 Å². The highest BCUT2D eigenvalue weighted by Crippen LogP contribution is 2.21. The summed E-state index contributed by atoms with van der Waals surface area (Å²) in [7, 11) is 0. The maximum atomic E-state index is 5.78. The second-order valence-electron chi connectivity index (χ2n) is 5.04. The quantitative estimate of drug-likeness (QED) is 0.743. The molecule has 0 saturated heterocycles. The summed E-state index contributed by atoms with van der Waals surface area (Å²) >= 11 is 5.11. The Morgan fingerprint density at radius 1 is 1.15 bits per heavy atom. The van der Waals surface area contributed by atoms with Gasteiger partial charge in [-0.05, 0) is 24.6 Å². The second kappa shape index (κ2) is 5.10. The zero-order chi connectivity index (χ0) is 14.1. The molecule has 2 nitrogen and oxygen atoms in total. The molecule has 0 spiro atoms. The fourth-order valence-electron chi connectivity index (χ4n) is 2.58. The first-order valence-corrected chi connectivity index (χ1v) is 6.99. The fraction of sp³-hybridized carbons (Fsp3) is 0.118. The van der Waals surface area contributed by atoms with E-state index in [-0.39, 0.29) is 0 Å². The van der Waals surface area contributed by atoms with Gasteiger partial charge in [0.05, 0.1) is 0 Å². The largest absolute Gasteiger partial charge is 0.389 e. The third-order valence-electron chi connectivity index (χ3n) is 3.51. The molecule has 3 rings (SSSR count). The Balaban J connectivity index is 2.05. The molecule has 0 aliphatic rings. The molecule has 0 bridgehead atoms. The first-order valence-electron chi connectivity index (χ1n) is 6.58. The molecule has 2 N–H and O–H groups in total. The van der Waals surface area contributed by atoms with Crippen LogP contribution in [-0.2, 0) is 6.54 Å². The molecule has 0 amide bonds. The average Bonchev–Trinajstić information content (AvgIpc) is 2.82. The van der Waals surface area contributed by atoms with Crippen LogP contribution in [0.25, 0.3) is 10.9 Å². The third kappa shape index (κ3) is 2.32. The van der Waals surface area contributed by atoms with Gasteiger partial charge in [0.25, 0.3) is 0 Å². The van der Waals surface area contributed by atoms with Crippen molar-refractivity contribution in [1.29, 1.82) is 0 Å². The van der Waals surface area contributed by atoms with Crippen molar-refractivity contribution in [2.45, 2.75) is 13.5 Å². The molecular weight excluding hydrogens is 264 g/mol. The number of thiocarbonyl (C=S) groups is 1. The van der Waals surface area contributed by atoms with Crippen molar-refractivity contribution in [1.82, 2.24) is 4.57 Å². The lowest BCUT2D eigenvalue weighted by atomic mass is 10.1. The zero-order valence-electron chi connectivity index (χ0n) is 11.3. The van der Waals surface area contributed by atoms with Crippen molar-refractivity contribution in [3.63, 3.8) is 0 Å². The van der Waals surface area contributed by atoms with Crippen LogP contribution in [0.1, 0.15) is 16.7 Å². The molecule has 0 radical (unpaired) electrons. The molecule has 3 aromatic rings. The van der Waals surface area contributed by atoms with Gasteiger partial charge >= 0.3 is 0 Å². The topological polar surface area (TPSA) is 30.9 Å². The standard InChI is InChI=1S/C17H16N2S/c1-12-4-2-5-13(10-12)11-19-9-8-14-15(17(18)20)6-3-7-16(14)19/h2-10H,11H2,1H3,(H2,18,20). The molecule has 1 heterocycles. The number of aromatic nitrogens is 1. The fourth-order valence-corrected chi connectivity index (χ4v) is 2.76. The molecule has 1 aromatic heterocycles. The Bertz CT molecular complexity index is 787. The number of fused-ring (bicyclic) bond motifs is 1. The van der Waals surface area contributed by atoms with Crippen LogP contribution in [-0.4, -0.2) is 9.56 Å². The van der Waals surface area contributed by atoms with E-state index in [0.717, 1.165) is 23.0 Å². The molecule has 20 heavy (non-hydrogen) atoms. The van der Waals surface area contributed by atoms with Crippen molar-refractivity contribution >= 4 is 28.1 Å². The Morgan fingerprint density at radius 3 is 2.70 bits per heavy atom. The molecule has 0 fully saturated rings. The first kappa shape index (κ1) is 12.9. The van der Waals surface area contributed by atoms with Gasteiger partial charge in [0, 0.05) is 29.2 Å². The van der Waals surface area contributed by atoms with Gasteiger partial charge in [0.1, 0.15) is 4.99 Å². The van der Waals surface area contributed by atoms with Gasteiger partial charge in [-0.15, -0.1) is 0 Å². The zero-order valence-corrected chi connectivity index (χ0v) is 12.2. The summed E-state index contributed by atoms with van der Waals surface area (Å²) in [6.07, 6.45) is 2.09. The van der Waals surface area contributed by atoms with Crippen molar-refractivity contribution in [3.05, 3.63) is 71.4 Å². The number of nitrogens with two attached hydrogens (primary N) is 1. The molecule has 0 saturated carbocycles. The smallest absolute Gasteiger partial charge is 0.104 e. The minimum Gasteiger partial charge on any atom is -0.389 e. The Hall–Kier alpha value is -2.13. The molecular formula is C17H16N2S. The van der Waals surface area contributed by atoms with Crippen molar-refractivity contribution in [3.8, 4) is 0 Å². The van der Waals surface area contributed by atoms with Gasteiger partial charge in [0.15, 0.2) is 0 Å². The van der Waals surface area contributed by atoms with Gasteiger partial charge in [-0.1, -0.05) is 54.2 Å². The van der Waals surface area contributed by atoms with E-state index in [9.17, 15) is 0 Å². The summed E-state index contributed by atoms with van der Waals surface area (Å²) in [6, 6.07) is 16.7. The lowest BCUT2D eigenvalue weighted by molar-refractivity contribution is 0.836. The highest BCUT2D eigenvalue weighted by Gasteiger charge is 2.07. The maximum absolute atomic E-state index is 5.78. The van der Waals surface area contributed by atoms with Crippen LogP contribution in [0.3, 0.4) is 0 Å². The third-order valence-corrected chi connectivity index (χ3v) is 3.73. The number of hydrogen-bond acceptors (Lipinski definition) is 1. The number of rotatable bonds is 3. The van der Waals surface area contributed by atoms with Gasteiger partial charge in [0.2, 0.25) is 0 Å². The highest BCUT2D eigenvalue weighted by molar-refractivity contribution is 7.80. The van der Waals surface area contributed by atoms with E-state index in [4.69, 9.17) is 18.0 Å². The molecule has 0 atom stereocenters. The minimum atomic E-state index is 0.448.